The number of benzene rings is 1. The molecule has 0 saturated carbocycles. The Kier molecular flexibility index (Phi) is 2.40. The molecule has 0 unspecified atom stereocenters. The molecule has 76 valence electrons. The molecule has 1 heterocycles. The first-order valence-corrected chi connectivity index (χ1v) is 5.16. The van der Waals surface area contributed by atoms with Gasteiger partial charge in [-0.2, -0.15) is 0 Å². The first-order valence-electron chi connectivity index (χ1n) is 4.37. The zero-order valence-corrected chi connectivity index (χ0v) is 9.67. The predicted octanol–water partition coefficient (Wildman–Crippen LogP) is 2.12. The van der Waals surface area contributed by atoms with Crippen LogP contribution in [0.15, 0.2) is 28.9 Å². The highest BCUT2D eigenvalue weighted by atomic mass is 79.9. The van der Waals surface area contributed by atoms with Crippen LogP contribution in [0.25, 0.3) is 11.0 Å². The van der Waals surface area contributed by atoms with Gasteiger partial charge in [-0.25, -0.2) is 0 Å². The fourth-order valence-electron chi connectivity index (χ4n) is 1.46. The van der Waals surface area contributed by atoms with E-state index in [2.05, 4.69) is 20.9 Å². The zero-order valence-electron chi connectivity index (χ0n) is 8.08. The zero-order chi connectivity index (χ0) is 11.0. The molecule has 0 atom stereocenters. The molecule has 1 aromatic heterocycles. The van der Waals surface area contributed by atoms with Gasteiger partial charge in [0.05, 0.1) is 17.2 Å². The Morgan fingerprint density at radius 3 is 2.87 bits per heavy atom. The summed E-state index contributed by atoms with van der Waals surface area (Å²) in [7, 11) is 0. The Bertz CT molecular complexity index is 600. The first kappa shape index (κ1) is 10.0. The molecule has 1 aromatic carbocycles. The van der Waals surface area contributed by atoms with Gasteiger partial charge in [0, 0.05) is 4.47 Å². The van der Waals surface area contributed by atoms with Gasteiger partial charge < -0.3 is 0 Å². The molecule has 0 aliphatic rings. The summed E-state index contributed by atoms with van der Waals surface area (Å²) in [6.45, 7) is 1.65. The van der Waals surface area contributed by atoms with E-state index in [0.29, 0.717) is 5.84 Å². The van der Waals surface area contributed by atoms with Gasteiger partial charge in [0.1, 0.15) is 11.3 Å². The molecule has 0 bridgehead atoms. The predicted molar refractivity (Wildman–Crippen MR) is 62.1 cm³/mol. The average Bonchev–Trinajstić information content (AvgIpc) is 2.16. The quantitative estimate of drug-likeness (QED) is 0.556. The second-order valence-electron chi connectivity index (χ2n) is 3.20. The number of halogens is 1. The van der Waals surface area contributed by atoms with Gasteiger partial charge in [-0.1, -0.05) is 15.9 Å². The minimum absolute atomic E-state index is 0.216. The Hall–Kier alpha value is -1.49. The minimum atomic E-state index is 0.216. The van der Waals surface area contributed by atoms with E-state index < -0.39 is 0 Å². The van der Waals surface area contributed by atoms with Gasteiger partial charge in [-0.05, 0) is 25.1 Å². The van der Waals surface area contributed by atoms with Crippen LogP contribution in [0.3, 0.4) is 0 Å². The molecule has 0 aliphatic heterocycles. The van der Waals surface area contributed by atoms with Crippen molar-refractivity contribution in [3.8, 4) is 0 Å². The largest absolute Gasteiger partial charge is 0.288 e. The molecule has 4 nitrogen and oxygen atoms in total. The van der Waals surface area contributed by atoms with Crippen LogP contribution in [-0.2, 0) is 0 Å². The fraction of sp³-hybridized carbons (Fsp3) is 0.100. The lowest BCUT2D eigenvalue weighted by atomic mass is 10.3. The second kappa shape index (κ2) is 3.58. The molecule has 2 rings (SSSR count). The Labute approximate surface area is 94.7 Å². The van der Waals surface area contributed by atoms with Gasteiger partial charge in [-0.15, -0.1) is 0 Å². The number of rotatable bonds is 0. The molecule has 0 amide bonds. The summed E-state index contributed by atoms with van der Waals surface area (Å²) in [6.07, 6.45) is 1.45. The van der Waals surface area contributed by atoms with Crippen molar-refractivity contribution in [3.63, 3.8) is 0 Å². The van der Waals surface area contributed by atoms with Crippen molar-refractivity contribution < 1.29 is 0 Å². The number of aromatic nitrogens is 2. The van der Waals surface area contributed by atoms with Crippen LogP contribution in [0, 0.1) is 10.8 Å². The third kappa shape index (κ3) is 1.70. The Morgan fingerprint density at radius 2 is 2.20 bits per heavy atom. The lowest BCUT2D eigenvalue weighted by Crippen LogP contribution is -2.25. The summed E-state index contributed by atoms with van der Waals surface area (Å²) >= 11 is 3.37. The van der Waals surface area contributed by atoms with E-state index >= 15 is 0 Å². The van der Waals surface area contributed by atoms with E-state index in [0.717, 1.165) is 15.5 Å². The van der Waals surface area contributed by atoms with E-state index in [9.17, 15) is 0 Å². The van der Waals surface area contributed by atoms with Crippen LogP contribution in [0.4, 0.5) is 0 Å². The van der Waals surface area contributed by atoms with Gasteiger partial charge in [0.25, 0.3) is 0 Å². The molecule has 0 fully saturated rings. The fourth-order valence-corrected chi connectivity index (χ4v) is 1.81. The molecule has 0 saturated heterocycles. The topological polar surface area (TPSA) is 65.5 Å². The van der Waals surface area contributed by atoms with Gasteiger partial charge >= 0.3 is 0 Å². The standard InChI is InChI=1S/C10H9BrN4/c1-6(12)15-9-4-7(11)2-3-8(9)14-5-10(15)13/h2-5,12-13H,1H3. The number of hydrogen-bond acceptors (Lipinski definition) is 3. The summed E-state index contributed by atoms with van der Waals surface area (Å²) in [5.74, 6) is 0.311. The highest BCUT2D eigenvalue weighted by Gasteiger charge is 2.03. The number of fused-ring (bicyclic) bond motifs is 1. The summed E-state index contributed by atoms with van der Waals surface area (Å²) in [6, 6.07) is 5.61. The Balaban J connectivity index is 2.97. The maximum Gasteiger partial charge on any atom is 0.149 e. The molecule has 2 N–H and O–H groups in total. The van der Waals surface area contributed by atoms with Crippen LogP contribution < -0.4 is 5.49 Å². The number of nitrogens with one attached hydrogen (secondary N) is 2. The van der Waals surface area contributed by atoms with Crippen molar-refractivity contribution in [2.45, 2.75) is 6.92 Å². The Morgan fingerprint density at radius 1 is 1.47 bits per heavy atom. The molecule has 5 heteroatoms. The van der Waals surface area contributed by atoms with Crippen molar-refractivity contribution in [1.29, 1.82) is 10.8 Å². The average molecular weight is 265 g/mol. The highest BCUT2D eigenvalue weighted by Crippen LogP contribution is 2.16. The van der Waals surface area contributed by atoms with Crippen molar-refractivity contribution >= 4 is 32.8 Å². The monoisotopic (exact) mass is 264 g/mol. The molecular formula is C10H9BrN4. The van der Waals surface area contributed by atoms with E-state index in [1.165, 1.54) is 6.20 Å². The van der Waals surface area contributed by atoms with Crippen molar-refractivity contribution in [1.82, 2.24) is 9.55 Å². The van der Waals surface area contributed by atoms with Gasteiger partial charge in [-0.3, -0.25) is 20.4 Å². The summed E-state index contributed by atoms with van der Waals surface area (Å²) in [5, 5.41) is 15.3. The highest BCUT2D eigenvalue weighted by molar-refractivity contribution is 9.10. The maximum atomic E-state index is 7.70. The lowest BCUT2D eigenvalue weighted by Gasteiger charge is -2.08. The van der Waals surface area contributed by atoms with E-state index in [4.69, 9.17) is 10.8 Å². The summed E-state index contributed by atoms with van der Waals surface area (Å²) in [4.78, 5) is 4.14. The smallest absolute Gasteiger partial charge is 0.149 e. The summed E-state index contributed by atoms with van der Waals surface area (Å²) < 4.78 is 2.46. The molecule has 2 aromatic rings. The molecule has 0 radical (unpaired) electrons. The normalized spacial score (nSPS) is 10.5. The van der Waals surface area contributed by atoms with E-state index in [1.54, 1.807) is 11.5 Å². The van der Waals surface area contributed by atoms with Crippen LogP contribution >= 0.6 is 15.9 Å². The van der Waals surface area contributed by atoms with Crippen LogP contribution in [0.5, 0.6) is 0 Å². The first-order chi connectivity index (χ1) is 7.09. The van der Waals surface area contributed by atoms with Crippen LogP contribution in [0.2, 0.25) is 0 Å². The number of hydrogen-bond donors (Lipinski definition) is 2. The third-order valence-corrected chi connectivity index (χ3v) is 2.57. The second-order valence-corrected chi connectivity index (χ2v) is 4.11. The van der Waals surface area contributed by atoms with Crippen molar-refractivity contribution in [2.24, 2.45) is 0 Å². The lowest BCUT2D eigenvalue weighted by molar-refractivity contribution is 0.973. The third-order valence-electron chi connectivity index (χ3n) is 2.08. The van der Waals surface area contributed by atoms with E-state index in [-0.39, 0.29) is 5.49 Å². The van der Waals surface area contributed by atoms with Crippen molar-refractivity contribution in [3.05, 3.63) is 34.4 Å². The van der Waals surface area contributed by atoms with Gasteiger partial charge in [0.2, 0.25) is 0 Å². The summed E-state index contributed by atoms with van der Waals surface area (Å²) in [5.41, 5.74) is 1.76. The van der Waals surface area contributed by atoms with E-state index in [1.807, 2.05) is 18.2 Å². The molecule has 0 aliphatic carbocycles. The molecular weight excluding hydrogens is 256 g/mol. The number of nitrogens with zero attached hydrogens (tertiary/aromatic N) is 2. The SMILES string of the molecule is CC(=N)n1c(=N)cnc2ccc(Br)cc21. The molecule has 0 spiro atoms. The van der Waals surface area contributed by atoms with Gasteiger partial charge in [0.15, 0.2) is 0 Å². The maximum absolute atomic E-state index is 7.70. The minimum Gasteiger partial charge on any atom is -0.288 e. The van der Waals surface area contributed by atoms with Crippen LogP contribution in [-0.4, -0.2) is 15.4 Å². The van der Waals surface area contributed by atoms with Crippen molar-refractivity contribution in [2.75, 3.05) is 0 Å². The van der Waals surface area contributed by atoms with Crippen LogP contribution in [0.1, 0.15) is 6.92 Å². The molecule has 15 heavy (non-hydrogen) atoms.